The Hall–Kier alpha value is -3.02. The first kappa shape index (κ1) is 17.3. The lowest BCUT2D eigenvalue weighted by Gasteiger charge is -2.12. The molecule has 2 amide bonds. The highest BCUT2D eigenvalue weighted by Crippen LogP contribution is 2.28. The zero-order chi connectivity index (χ0) is 17.5. The summed E-state index contributed by atoms with van der Waals surface area (Å²) >= 11 is 0. The molecule has 126 valence electrons. The van der Waals surface area contributed by atoms with Crippen molar-refractivity contribution in [2.24, 2.45) is 0 Å². The molecule has 0 spiro atoms. The van der Waals surface area contributed by atoms with Crippen LogP contribution in [0.5, 0.6) is 11.5 Å². The van der Waals surface area contributed by atoms with Gasteiger partial charge in [-0.15, -0.1) is 0 Å². The molecule has 24 heavy (non-hydrogen) atoms. The minimum Gasteiger partial charge on any atom is -0.495 e. The molecule has 2 aromatic carbocycles. The van der Waals surface area contributed by atoms with Crippen molar-refractivity contribution in [3.63, 3.8) is 0 Å². The van der Waals surface area contributed by atoms with Gasteiger partial charge in [0.15, 0.2) is 0 Å². The highest BCUT2D eigenvalue weighted by molar-refractivity contribution is 6.05. The van der Waals surface area contributed by atoms with Crippen LogP contribution in [-0.4, -0.2) is 25.5 Å². The molecular formula is C18H20N2O4. The summed E-state index contributed by atoms with van der Waals surface area (Å²) in [5, 5.41) is 5.46. The van der Waals surface area contributed by atoms with Gasteiger partial charge >= 0.3 is 0 Å². The second kappa shape index (κ2) is 8.01. The largest absolute Gasteiger partial charge is 0.495 e. The van der Waals surface area contributed by atoms with Gasteiger partial charge in [-0.1, -0.05) is 0 Å². The Labute approximate surface area is 140 Å². The van der Waals surface area contributed by atoms with E-state index in [0.29, 0.717) is 35.0 Å². The van der Waals surface area contributed by atoms with Crippen LogP contribution < -0.4 is 20.1 Å². The second-order valence-electron chi connectivity index (χ2n) is 5.01. The van der Waals surface area contributed by atoms with Crippen LogP contribution in [-0.2, 0) is 4.79 Å². The van der Waals surface area contributed by atoms with Gasteiger partial charge in [-0.2, -0.15) is 0 Å². The van der Waals surface area contributed by atoms with Crippen LogP contribution in [0.1, 0.15) is 24.2 Å². The summed E-state index contributed by atoms with van der Waals surface area (Å²) in [6, 6.07) is 11.9. The van der Waals surface area contributed by atoms with Gasteiger partial charge in [-0.25, -0.2) is 0 Å². The zero-order valence-electron chi connectivity index (χ0n) is 13.9. The molecule has 0 heterocycles. The molecule has 0 bridgehead atoms. The molecule has 2 aromatic rings. The third-order valence-corrected chi connectivity index (χ3v) is 3.20. The fourth-order valence-corrected chi connectivity index (χ4v) is 2.15. The third kappa shape index (κ3) is 4.49. The molecule has 0 aliphatic heterocycles. The van der Waals surface area contributed by atoms with E-state index in [2.05, 4.69) is 10.6 Å². The molecule has 0 aromatic heterocycles. The minimum absolute atomic E-state index is 0.191. The molecule has 6 heteroatoms. The van der Waals surface area contributed by atoms with Gasteiger partial charge < -0.3 is 20.1 Å². The maximum atomic E-state index is 12.4. The number of amides is 2. The van der Waals surface area contributed by atoms with E-state index in [1.54, 1.807) is 42.5 Å². The van der Waals surface area contributed by atoms with E-state index < -0.39 is 0 Å². The third-order valence-electron chi connectivity index (χ3n) is 3.20. The van der Waals surface area contributed by atoms with E-state index in [9.17, 15) is 9.59 Å². The first-order valence-electron chi connectivity index (χ1n) is 7.53. The zero-order valence-corrected chi connectivity index (χ0v) is 13.9. The maximum Gasteiger partial charge on any atom is 0.255 e. The van der Waals surface area contributed by atoms with Crippen molar-refractivity contribution in [2.45, 2.75) is 13.8 Å². The summed E-state index contributed by atoms with van der Waals surface area (Å²) in [5.41, 5.74) is 1.54. The van der Waals surface area contributed by atoms with Crippen molar-refractivity contribution in [3.05, 3.63) is 48.0 Å². The Bertz CT molecular complexity index is 726. The summed E-state index contributed by atoms with van der Waals surface area (Å²) < 4.78 is 10.6. The molecule has 2 rings (SSSR count). The van der Waals surface area contributed by atoms with Crippen molar-refractivity contribution in [1.82, 2.24) is 0 Å². The predicted molar refractivity (Wildman–Crippen MR) is 92.9 cm³/mol. The van der Waals surface area contributed by atoms with Gasteiger partial charge in [0.2, 0.25) is 5.91 Å². The lowest BCUT2D eigenvalue weighted by Crippen LogP contribution is -2.13. The van der Waals surface area contributed by atoms with E-state index >= 15 is 0 Å². The van der Waals surface area contributed by atoms with Crippen LogP contribution >= 0.6 is 0 Å². The van der Waals surface area contributed by atoms with Gasteiger partial charge in [0, 0.05) is 18.2 Å². The molecule has 0 aliphatic carbocycles. The number of hydrogen-bond donors (Lipinski definition) is 2. The summed E-state index contributed by atoms with van der Waals surface area (Å²) in [6.07, 6.45) is 0. The van der Waals surface area contributed by atoms with E-state index in [-0.39, 0.29) is 11.8 Å². The molecule has 6 nitrogen and oxygen atoms in total. The fourth-order valence-electron chi connectivity index (χ4n) is 2.15. The smallest absolute Gasteiger partial charge is 0.255 e. The number of methoxy groups -OCH3 is 1. The van der Waals surface area contributed by atoms with Crippen molar-refractivity contribution >= 4 is 23.2 Å². The highest BCUT2D eigenvalue weighted by atomic mass is 16.5. The number of hydrogen-bond acceptors (Lipinski definition) is 4. The monoisotopic (exact) mass is 328 g/mol. The van der Waals surface area contributed by atoms with Gasteiger partial charge in [-0.05, 0) is 49.4 Å². The van der Waals surface area contributed by atoms with Crippen LogP contribution in [0.25, 0.3) is 0 Å². The van der Waals surface area contributed by atoms with Crippen molar-refractivity contribution in [2.75, 3.05) is 24.4 Å². The quantitative estimate of drug-likeness (QED) is 0.853. The first-order valence-corrected chi connectivity index (χ1v) is 7.53. The van der Waals surface area contributed by atoms with Crippen LogP contribution in [0.4, 0.5) is 11.4 Å². The van der Waals surface area contributed by atoms with Gasteiger partial charge in [0.25, 0.3) is 5.91 Å². The van der Waals surface area contributed by atoms with Gasteiger partial charge in [-0.3, -0.25) is 9.59 Å². The molecule has 0 atom stereocenters. The van der Waals surface area contributed by atoms with Crippen LogP contribution in [0.2, 0.25) is 0 Å². The summed E-state index contributed by atoms with van der Waals surface area (Å²) in [7, 11) is 1.51. The second-order valence-corrected chi connectivity index (χ2v) is 5.01. The number of rotatable bonds is 6. The topological polar surface area (TPSA) is 76.7 Å². The van der Waals surface area contributed by atoms with Crippen molar-refractivity contribution < 1.29 is 19.1 Å². The predicted octanol–water partition coefficient (Wildman–Crippen LogP) is 3.30. The molecule has 0 radical (unpaired) electrons. The highest BCUT2D eigenvalue weighted by Gasteiger charge is 2.11. The molecule has 0 fully saturated rings. The number of anilines is 2. The summed E-state index contributed by atoms with van der Waals surface area (Å²) in [6.45, 7) is 3.88. The average molecular weight is 328 g/mol. The summed E-state index contributed by atoms with van der Waals surface area (Å²) in [4.78, 5) is 23.6. The van der Waals surface area contributed by atoms with Crippen LogP contribution in [0.15, 0.2) is 42.5 Å². The van der Waals surface area contributed by atoms with Crippen molar-refractivity contribution in [3.8, 4) is 11.5 Å². The lowest BCUT2D eigenvalue weighted by molar-refractivity contribution is -0.114. The Balaban J connectivity index is 2.18. The molecule has 0 saturated carbocycles. The molecule has 0 saturated heterocycles. The minimum atomic E-state index is -0.281. The molecule has 0 aliphatic rings. The molecule has 2 N–H and O–H groups in total. The SMILES string of the molecule is CCOc1ccc(C(=O)Nc2cc(NC(C)=O)ccc2OC)cc1. The number of carbonyl (C=O) groups excluding carboxylic acids is 2. The number of nitrogens with one attached hydrogen (secondary N) is 2. The first-order chi connectivity index (χ1) is 11.5. The molecular weight excluding hydrogens is 308 g/mol. The number of benzene rings is 2. The van der Waals surface area contributed by atoms with E-state index in [4.69, 9.17) is 9.47 Å². The Morgan fingerprint density at radius 2 is 1.75 bits per heavy atom. The fraction of sp³-hybridized carbons (Fsp3) is 0.222. The Morgan fingerprint density at radius 3 is 2.33 bits per heavy atom. The number of ether oxygens (including phenoxy) is 2. The van der Waals surface area contributed by atoms with E-state index in [1.165, 1.54) is 14.0 Å². The van der Waals surface area contributed by atoms with E-state index in [0.717, 1.165) is 0 Å². The van der Waals surface area contributed by atoms with Crippen LogP contribution in [0, 0.1) is 0 Å². The maximum absolute atomic E-state index is 12.4. The van der Waals surface area contributed by atoms with E-state index in [1.807, 2.05) is 6.92 Å². The van der Waals surface area contributed by atoms with Crippen molar-refractivity contribution in [1.29, 1.82) is 0 Å². The van der Waals surface area contributed by atoms with Crippen LogP contribution in [0.3, 0.4) is 0 Å². The normalized spacial score (nSPS) is 9.96. The average Bonchev–Trinajstić information content (AvgIpc) is 2.55. The lowest BCUT2D eigenvalue weighted by atomic mass is 10.2. The molecule has 0 unspecified atom stereocenters. The summed E-state index contributed by atoms with van der Waals surface area (Å²) in [5.74, 6) is 0.739. The Kier molecular flexibility index (Phi) is 5.78. The Morgan fingerprint density at radius 1 is 1.04 bits per heavy atom. The number of carbonyl (C=O) groups is 2. The van der Waals surface area contributed by atoms with Gasteiger partial charge in [0.05, 0.1) is 19.4 Å². The van der Waals surface area contributed by atoms with Gasteiger partial charge in [0.1, 0.15) is 11.5 Å². The standard InChI is InChI=1S/C18H20N2O4/c1-4-24-15-8-5-13(6-9-15)18(22)20-16-11-14(19-12(2)21)7-10-17(16)23-3/h5-11H,4H2,1-3H3,(H,19,21)(H,20,22).